The van der Waals surface area contributed by atoms with Gasteiger partial charge in [0.25, 0.3) is 11.8 Å². The Morgan fingerprint density at radius 1 is 1.00 bits per heavy atom. The second-order valence-electron chi connectivity index (χ2n) is 11.5. The second kappa shape index (κ2) is 15.4. The van der Waals surface area contributed by atoms with Crippen LogP contribution in [0.2, 0.25) is 0 Å². The molecule has 1 atom stereocenters. The van der Waals surface area contributed by atoms with Crippen LogP contribution >= 0.6 is 23.6 Å². The molecule has 2 fully saturated rings. The summed E-state index contributed by atoms with van der Waals surface area (Å²) >= 11 is 7.26. The van der Waals surface area contributed by atoms with E-state index in [1.165, 1.54) is 4.88 Å². The molecule has 1 aromatic carbocycles. The second-order valence-corrected chi connectivity index (χ2v) is 13.1. The number of aliphatic carboxylic acids is 1. The van der Waals surface area contributed by atoms with E-state index in [0.29, 0.717) is 43.0 Å². The van der Waals surface area contributed by atoms with Crippen LogP contribution in [0.3, 0.4) is 0 Å². The van der Waals surface area contributed by atoms with Crippen LogP contribution in [0, 0.1) is 6.92 Å². The SMILES string of the molecule is Cc1cc(C(=O)N2CCCCc3sccc32)ccc1CNC(=O)N1CCC(=S)[C@H]1C(=O)N1CCCN(C)CC1.O=C(O)C(F)(F)F. The number of hydrogen-bond donors (Lipinski definition) is 2. The molecule has 10 nitrogen and oxygen atoms in total. The minimum Gasteiger partial charge on any atom is -0.475 e. The van der Waals surface area contributed by atoms with Crippen molar-refractivity contribution in [2.24, 2.45) is 0 Å². The number of nitrogens with zero attached hydrogens (tertiary/aromatic N) is 4. The van der Waals surface area contributed by atoms with E-state index in [9.17, 15) is 27.6 Å². The highest BCUT2D eigenvalue weighted by atomic mass is 32.1. The van der Waals surface area contributed by atoms with Gasteiger partial charge in [-0.2, -0.15) is 13.2 Å². The summed E-state index contributed by atoms with van der Waals surface area (Å²) in [6.45, 7) is 6.57. The zero-order valence-electron chi connectivity index (χ0n) is 25.8. The molecule has 4 heterocycles. The minimum absolute atomic E-state index is 0.0156. The number of alkyl halides is 3. The summed E-state index contributed by atoms with van der Waals surface area (Å²) < 4.78 is 31.7. The Hall–Kier alpha value is -3.56. The van der Waals surface area contributed by atoms with Crippen LogP contribution in [0.5, 0.6) is 0 Å². The van der Waals surface area contributed by atoms with Crippen molar-refractivity contribution in [1.82, 2.24) is 20.0 Å². The Kier molecular flexibility index (Phi) is 11.8. The molecule has 4 amide bonds. The minimum atomic E-state index is -5.08. The van der Waals surface area contributed by atoms with Gasteiger partial charge < -0.3 is 30.0 Å². The number of halogens is 3. The molecule has 0 radical (unpaired) electrons. The number of urea groups is 1. The largest absolute Gasteiger partial charge is 0.490 e. The predicted molar refractivity (Wildman–Crippen MR) is 172 cm³/mol. The molecule has 2 saturated heterocycles. The first kappa shape index (κ1) is 35.3. The van der Waals surface area contributed by atoms with E-state index in [1.54, 1.807) is 16.2 Å². The fourth-order valence-electron chi connectivity index (χ4n) is 5.70. The van der Waals surface area contributed by atoms with Crippen LogP contribution in [0.25, 0.3) is 0 Å². The number of fused-ring (bicyclic) bond motifs is 1. The Labute approximate surface area is 275 Å². The smallest absolute Gasteiger partial charge is 0.475 e. The molecule has 2 aromatic rings. The summed E-state index contributed by atoms with van der Waals surface area (Å²) in [5, 5.41) is 12.2. The van der Waals surface area contributed by atoms with Gasteiger partial charge in [0.05, 0.1) is 5.69 Å². The van der Waals surface area contributed by atoms with Crippen molar-refractivity contribution in [3.63, 3.8) is 0 Å². The summed E-state index contributed by atoms with van der Waals surface area (Å²) in [5.41, 5.74) is 3.57. The van der Waals surface area contributed by atoms with E-state index >= 15 is 0 Å². The fraction of sp³-hybridized carbons (Fsp3) is 0.516. The quantitative estimate of drug-likeness (QED) is 0.458. The van der Waals surface area contributed by atoms with Gasteiger partial charge in [0.1, 0.15) is 6.04 Å². The van der Waals surface area contributed by atoms with Crippen molar-refractivity contribution >= 4 is 57.9 Å². The lowest BCUT2D eigenvalue weighted by Crippen LogP contribution is -2.53. The van der Waals surface area contributed by atoms with E-state index in [-0.39, 0.29) is 17.8 Å². The number of amides is 4. The van der Waals surface area contributed by atoms with Gasteiger partial charge in [-0.1, -0.05) is 18.3 Å². The van der Waals surface area contributed by atoms with Gasteiger partial charge in [0, 0.05) is 54.6 Å². The number of hydrogen-bond acceptors (Lipinski definition) is 7. The molecule has 3 aliphatic rings. The Morgan fingerprint density at radius 2 is 1.74 bits per heavy atom. The number of benzene rings is 1. The molecular formula is C31H38F3N5O5S2. The van der Waals surface area contributed by atoms with E-state index in [0.717, 1.165) is 62.1 Å². The molecular weight excluding hydrogens is 643 g/mol. The number of carbonyl (C=O) groups is 4. The van der Waals surface area contributed by atoms with Crippen molar-refractivity contribution < 1.29 is 37.5 Å². The van der Waals surface area contributed by atoms with Crippen LogP contribution in [0.15, 0.2) is 29.6 Å². The molecule has 0 unspecified atom stereocenters. The first-order valence-electron chi connectivity index (χ1n) is 15.1. The molecule has 3 aliphatic heterocycles. The first-order valence-corrected chi connectivity index (χ1v) is 16.4. The highest BCUT2D eigenvalue weighted by Crippen LogP contribution is 2.32. The molecule has 2 N–H and O–H groups in total. The summed E-state index contributed by atoms with van der Waals surface area (Å²) in [6, 6.07) is 6.76. The van der Waals surface area contributed by atoms with Crippen molar-refractivity contribution in [3.05, 3.63) is 51.2 Å². The molecule has 0 bridgehead atoms. The number of thiocarbonyl (C=S) groups is 1. The number of anilines is 1. The van der Waals surface area contributed by atoms with Gasteiger partial charge in [-0.15, -0.1) is 11.3 Å². The maximum atomic E-state index is 13.4. The average molecular weight is 682 g/mol. The number of carboxylic acids is 1. The summed E-state index contributed by atoms with van der Waals surface area (Å²) in [5.74, 6) is -2.81. The first-order chi connectivity index (χ1) is 21.8. The van der Waals surface area contributed by atoms with Gasteiger partial charge in [0.15, 0.2) is 0 Å². The van der Waals surface area contributed by atoms with Gasteiger partial charge in [-0.25, -0.2) is 9.59 Å². The number of likely N-dealkylation sites (tertiary alicyclic amines) is 1. The van der Waals surface area contributed by atoms with Crippen molar-refractivity contribution in [2.75, 3.05) is 51.2 Å². The summed E-state index contributed by atoms with van der Waals surface area (Å²) in [7, 11) is 2.06. The number of carbonyl (C=O) groups excluding carboxylic acids is 3. The Balaban J connectivity index is 0.000000617. The number of aryl methyl sites for hydroxylation is 2. The van der Waals surface area contributed by atoms with Crippen LogP contribution in [0.1, 0.15) is 52.0 Å². The van der Waals surface area contributed by atoms with Crippen LogP contribution in [-0.2, 0) is 22.6 Å². The molecule has 46 heavy (non-hydrogen) atoms. The topological polar surface area (TPSA) is 113 Å². The summed E-state index contributed by atoms with van der Waals surface area (Å²) in [4.78, 5) is 58.4. The monoisotopic (exact) mass is 681 g/mol. The van der Waals surface area contributed by atoms with Crippen LogP contribution < -0.4 is 10.2 Å². The maximum absolute atomic E-state index is 13.4. The summed E-state index contributed by atoms with van der Waals surface area (Å²) in [6.07, 6.45) is -0.492. The van der Waals surface area contributed by atoms with Crippen LogP contribution in [0.4, 0.5) is 23.7 Å². The molecule has 250 valence electrons. The van der Waals surface area contributed by atoms with E-state index in [4.69, 9.17) is 22.1 Å². The maximum Gasteiger partial charge on any atom is 0.490 e. The third-order valence-electron chi connectivity index (χ3n) is 8.30. The molecule has 15 heteroatoms. The van der Waals surface area contributed by atoms with Gasteiger partial charge >= 0.3 is 18.2 Å². The van der Waals surface area contributed by atoms with Crippen LogP contribution in [-0.4, -0.2) is 107 Å². The van der Waals surface area contributed by atoms with E-state index in [2.05, 4.69) is 22.6 Å². The number of nitrogens with one attached hydrogen (secondary N) is 1. The highest BCUT2D eigenvalue weighted by Gasteiger charge is 2.40. The van der Waals surface area contributed by atoms with Crippen molar-refractivity contribution in [2.45, 2.75) is 57.8 Å². The number of rotatable bonds is 4. The Morgan fingerprint density at radius 3 is 2.43 bits per heavy atom. The Bertz CT molecular complexity index is 1470. The highest BCUT2D eigenvalue weighted by molar-refractivity contribution is 7.80. The van der Waals surface area contributed by atoms with Crippen molar-refractivity contribution in [3.8, 4) is 0 Å². The van der Waals surface area contributed by atoms with Gasteiger partial charge in [-0.05, 0) is 87.3 Å². The lowest BCUT2D eigenvalue weighted by atomic mass is 10.0. The van der Waals surface area contributed by atoms with E-state index < -0.39 is 18.2 Å². The molecule has 0 saturated carbocycles. The number of likely N-dealkylation sites (N-methyl/N-ethyl adjacent to an activating group) is 1. The average Bonchev–Trinajstić information content (AvgIpc) is 3.49. The van der Waals surface area contributed by atoms with Crippen molar-refractivity contribution in [1.29, 1.82) is 0 Å². The molecule has 0 aliphatic carbocycles. The molecule has 5 rings (SSSR count). The van der Waals surface area contributed by atoms with E-state index in [1.807, 2.05) is 41.0 Å². The lowest BCUT2D eigenvalue weighted by Gasteiger charge is -2.29. The number of carboxylic acid groups (broad SMARTS) is 1. The lowest BCUT2D eigenvalue weighted by molar-refractivity contribution is -0.192. The standard InChI is InChI=1S/C29H37N5O3S2.C2HF3O2/c1-20-18-21(27(35)33-13-4-3-6-25-23(33)10-17-39-25)7-8-22(20)19-30-29(37)34-14-9-24(38)26(34)28(36)32-12-5-11-31(2)15-16-32;3-2(4,5)1(6)7/h7-8,10,17-18,26H,3-6,9,11-16,19H2,1-2H3,(H,30,37);(H,6,7)/t26-;/m0./s1. The zero-order chi connectivity index (χ0) is 33.6. The molecule has 0 spiro atoms. The predicted octanol–water partition coefficient (Wildman–Crippen LogP) is 4.49. The normalized spacial score (nSPS) is 19.0. The third-order valence-corrected chi connectivity index (χ3v) is 9.69. The van der Waals surface area contributed by atoms with Gasteiger partial charge in [0.2, 0.25) is 0 Å². The third kappa shape index (κ3) is 8.62. The fourth-order valence-corrected chi connectivity index (χ4v) is 6.95. The van der Waals surface area contributed by atoms with Gasteiger partial charge in [-0.3, -0.25) is 9.59 Å². The zero-order valence-corrected chi connectivity index (χ0v) is 27.4. The molecule has 1 aromatic heterocycles. The number of thiophene rings is 1.